The molecule has 0 bridgehead atoms. The highest BCUT2D eigenvalue weighted by Gasteiger charge is 2.22. The van der Waals surface area contributed by atoms with Gasteiger partial charge in [0.2, 0.25) is 0 Å². The van der Waals surface area contributed by atoms with E-state index in [0.717, 1.165) is 16.0 Å². The van der Waals surface area contributed by atoms with E-state index in [4.69, 9.17) is 21.7 Å². The molecular weight excluding hydrogens is 392 g/mol. The van der Waals surface area contributed by atoms with Gasteiger partial charge < -0.3 is 9.47 Å². The fraction of sp³-hybridized carbons (Fsp3) is 0.385. The summed E-state index contributed by atoms with van der Waals surface area (Å²) in [6.45, 7) is 15.8. The van der Waals surface area contributed by atoms with Crippen LogP contribution in [-0.2, 0) is 11.2 Å². The van der Waals surface area contributed by atoms with Gasteiger partial charge in [0.25, 0.3) is 0 Å². The molecule has 160 valence electrons. The summed E-state index contributed by atoms with van der Waals surface area (Å²) in [5, 5.41) is 0. The Morgan fingerprint density at radius 2 is 1.77 bits per heavy atom. The first-order valence-electron chi connectivity index (χ1n) is 10.2. The number of carbonyl (C=O) groups is 1. The Hall–Kier alpha value is -2.46. The molecule has 0 radical (unpaired) electrons. The summed E-state index contributed by atoms with van der Waals surface area (Å²) >= 11 is 5.16. The van der Waals surface area contributed by atoms with Crippen molar-refractivity contribution in [3.8, 4) is 11.5 Å². The lowest BCUT2D eigenvalue weighted by atomic mass is 10.00. The van der Waals surface area contributed by atoms with Crippen LogP contribution >= 0.6 is 12.2 Å². The zero-order valence-electron chi connectivity index (χ0n) is 18.9. The lowest BCUT2D eigenvalue weighted by Gasteiger charge is -2.28. The zero-order chi connectivity index (χ0) is 22.5. The third kappa shape index (κ3) is 7.10. The standard InChI is InChI=1S/C26H32O3S/c1-8-9-19-12-17-23(28-25(2,3)4)21(24(19)29-26(5,6)7)15-16-22(27)18-10-13-20(30)14-11-18/h8,10-13,15-17H,1,9,14H2,2-7H3. The van der Waals surface area contributed by atoms with E-state index >= 15 is 0 Å². The Labute approximate surface area is 186 Å². The minimum absolute atomic E-state index is 0.0775. The Kier molecular flexibility index (Phi) is 7.59. The lowest BCUT2D eigenvalue weighted by Crippen LogP contribution is -2.26. The molecule has 0 aromatic heterocycles. The molecule has 4 heteroatoms. The largest absolute Gasteiger partial charge is 0.487 e. The van der Waals surface area contributed by atoms with E-state index in [-0.39, 0.29) is 5.78 Å². The molecule has 0 saturated heterocycles. The van der Waals surface area contributed by atoms with Gasteiger partial charge in [-0.3, -0.25) is 4.79 Å². The maximum atomic E-state index is 12.7. The molecule has 0 unspecified atom stereocenters. The first kappa shape index (κ1) is 23.8. The predicted molar refractivity (Wildman–Crippen MR) is 130 cm³/mol. The third-order valence-electron chi connectivity index (χ3n) is 4.08. The van der Waals surface area contributed by atoms with E-state index in [9.17, 15) is 4.79 Å². The van der Waals surface area contributed by atoms with Crippen molar-refractivity contribution < 1.29 is 14.3 Å². The quantitative estimate of drug-likeness (QED) is 0.280. The maximum absolute atomic E-state index is 12.7. The van der Waals surface area contributed by atoms with Gasteiger partial charge in [-0.05, 0) is 77.8 Å². The second-order valence-electron chi connectivity index (χ2n) is 9.25. The highest BCUT2D eigenvalue weighted by molar-refractivity contribution is 7.80. The SMILES string of the molecule is C=CCc1ccc(OC(C)(C)C)c(C=CC(=O)C2=CCC(=S)C=C2)c1OC(C)(C)C. The van der Waals surface area contributed by atoms with Gasteiger partial charge >= 0.3 is 0 Å². The molecule has 30 heavy (non-hydrogen) atoms. The first-order chi connectivity index (χ1) is 13.9. The minimum atomic E-state index is -0.410. The van der Waals surface area contributed by atoms with Crippen molar-refractivity contribution in [2.24, 2.45) is 0 Å². The predicted octanol–water partition coefficient (Wildman–Crippen LogP) is 6.61. The van der Waals surface area contributed by atoms with Crippen molar-refractivity contribution in [3.05, 3.63) is 65.8 Å². The maximum Gasteiger partial charge on any atom is 0.185 e. The lowest BCUT2D eigenvalue weighted by molar-refractivity contribution is -0.111. The van der Waals surface area contributed by atoms with Crippen LogP contribution in [0.25, 0.3) is 6.08 Å². The summed E-state index contributed by atoms with van der Waals surface area (Å²) in [6.07, 6.45) is 11.9. The molecule has 0 saturated carbocycles. The van der Waals surface area contributed by atoms with Gasteiger partial charge in [0, 0.05) is 16.9 Å². The van der Waals surface area contributed by atoms with Crippen molar-refractivity contribution >= 4 is 28.9 Å². The van der Waals surface area contributed by atoms with Crippen LogP contribution in [0.1, 0.15) is 59.1 Å². The van der Waals surface area contributed by atoms with Crippen molar-refractivity contribution in [2.75, 3.05) is 0 Å². The van der Waals surface area contributed by atoms with Crippen molar-refractivity contribution in [1.29, 1.82) is 0 Å². The summed E-state index contributed by atoms with van der Waals surface area (Å²) in [5.41, 5.74) is 1.58. The normalized spacial score (nSPS) is 14.6. The van der Waals surface area contributed by atoms with Crippen LogP contribution in [0.3, 0.4) is 0 Å². The van der Waals surface area contributed by atoms with Crippen molar-refractivity contribution in [2.45, 2.75) is 65.6 Å². The molecule has 3 nitrogen and oxygen atoms in total. The Morgan fingerprint density at radius 3 is 2.30 bits per heavy atom. The van der Waals surface area contributed by atoms with Crippen LogP contribution in [0.4, 0.5) is 0 Å². The number of benzene rings is 1. The summed E-state index contributed by atoms with van der Waals surface area (Å²) < 4.78 is 12.5. The molecule has 1 aromatic carbocycles. The molecule has 2 rings (SSSR count). The van der Waals surface area contributed by atoms with E-state index < -0.39 is 11.2 Å². The molecular formula is C26H32O3S. The van der Waals surface area contributed by atoms with Crippen LogP contribution in [0.5, 0.6) is 11.5 Å². The van der Waals surface area contributed by atoms with E-state index in [2.05, 4.69) is 6.58 Å². The molecule has 0 N–H and O–H groups in total. The number of ketones is 1. The first-order valence-corrected chi connectivity index (χ1v) is 10.6. The number of thiocarbonyl (C=S) groups is 1. The average molecular weight is 425 g/mol. The monoisotopic (exact) mass is 424 g/mol. The summed E-state index contributed by atoms with van der Waals surface area (Å²) in [4.78, 5) is 13.6. The average Bonchev–Trinajstić information content (AvgIpc) is 2.61. The second kappa shape index (κ2) is 9.57. The van der Waals surface area contributed by atoms with Gasteiger partial charge in [0.05, 0.1) is 5.56 Å². The summed E-state index contributed by atoms with van der Waals surface area (Å²) in [7, 11) is 0. The molecule has 0 atom stereocenters. The second-order valence-corrected chi connectivity index (χ2v) is 9.77. The number of allylic oxidation sites excluding steroid dienone is 6. The smallest absolute Gasteiger partial charge is 0.185 e. The Bertz CT molecular complexity index is 919. The van der Waals surface area contributed by atoms with Gasteiger partial charge in [-0.15, -0.1) is 6.58 Å². The Balaban J connectivity index is 2.54. The minimum Gasteiger partial charge on any atom is -0.487 e. The van der Waals surface area contributed by atoms with Gasteiger partial charge in [0.15, 0.2) is 5.78 Å². The third-order valence-corrected chi connectivity index (χ3v) is 4.39. The van der Waals surface area contributed by atoms with Gasteiger partial charge in [-0.1, -0.05) is 36.5 Å². The molecule has 0 heterocycles. The molecule has 0 aliphatic heterocycles. The molecule has 1 aliphatic rings. The number of ether oxygens (including phenoxy) is 2. The van der Waals surface area contributed by atoms with E-state index in [1.54, 1.807) is 18.2 Å². The molecule has 0 fully saturated rings. The molecule has 1 aliphatic carbocycles. The van der Waals surface area contributed by atoms with Gasteiger partial charge in [-0.25, -0.2) is 0 Å². The van der Waals surface area contributed by atoms with Gasteiger partial charge in [-0.2, -0.15) is 0 Å². The molecule has 0 spiro atoms. The summed E-state index contributed by atoms with van der Waals surface area (Å²) in [5.74, 6) is 1.31. The number of hydrogen-bond acceptors (Lipinski definition) is 4. The van der Waals surface area contributed by atoms with Crippen molar-refractivity contribution in [3.63, 3.8) is 0 Å². The number of carbonyl (C=O) groups excluding carboxylic acids is 1. The van der Waals surface area contributed by atoms with Crippen LogP contribution in [0.15, 0.2) is 54.7 Å². The van der Waals surface area contributed by atoms with Crippen LogP contribution in [-0.4, -0.2) is 21.8 Å². The number of hydrogen-bond donors (Lipinski definition) is 0. The van der Waals surface area contributed by atoms with Gasteiger partial charge in [0.1, 0.15) is 22.7 Å². The van der Waals surface area contributed by atoms with Crippen LogP contribution in [0.2, 0.25) is 0 Å². The topological polar surface area (TPSA) is 35.5 Å². The fourth-order valence-corrected chi connectivity index (χ4v) is 3.06. The fourth-order valence-electron chi connectivity index (χ4n) is 2.91. The van der Waals surface area contributed by atoms with Crippen LogP contribution < -0.4 is 9.47 Å². The molecule has 0 amide bonds. The zero-order valence-corrected chi connectivity index (χ0v) is 19.7. The highest BCUT2D eigenvalue weighted by atomic mass is 32.1. The van der Waals surface area contributed by atoms with Crippen molar-refractivity contribution in [1.82, 2.24) is 0 Å². The highest BCUT2D eigenvalue weighted by Crippen LogP contribution is 2.38. The molecule has 1 aromatic rings. The Morgan fingerprint density at radius 1 is 1.10 bits per heavy atom. The van der Waals surface area contributed by atoms with E-state index in [1.807, 2.05) is 71.9 Å². The van der Waals surface area contributed by atoms with E-state index in [1.165, 1.54) is 0 Å². The van der Waals surface area contributed by atoms with Crippen LogP contribution in [0, 0.1) is 0 Å². The van der Waals surface area contributed by atoms with E-state index in [0.29, 0.717) is 29.9 Å². The number of rotatable bonds is 7. The summed E-state index contributed by atoms with van der Waals surface area (Å²) in [6, 6.07) is 3.93.